The Hall–Kier alpha value is -2.22. The van der Waals surface area contributed by atoms with Gasteiger partial charge in [0.2, 0.25) is 0 Å². The Bertz CT molecular complexity index is 688. The first-order valence-electron chi connectivity index (χ1n) is 5.13. The summed E-state index contributed by atoms with van der Waals surface area (Å²) in [5.41, 5.74) is 0.475. The molecule has 0 radical (unpaired) electrons. The lowest BCUT2D eigenvalue weighted by atomic mass is 10.0. The summed E-state index contributed by atoms with van der Waals surface area (Å²) in [6.45, 7) is 0. The van der Waals surface area contributed by atoms with Gasteiger partial charge in [-0.25, -0.2) is 0 Å². The molecule has 0 unspecified atom stereocenters. The molecule has 0 amide bonds. The average molecular weight is 207 g/mol. The van der Waals surface area contributed by atoms with Crippen LogP contribution in [-0.4, -0.2) is 0 Å². The van der Waals surface area contributed by atoms with Gasteiger partial charge >= 0.3 is 0 Å². The number of benzene rings is 3. The molecule has 0 heterocycles. The molecule has 76 valence electrons. The van der Waals surface area contributed by atoms with Crippen molar-refractivity contribution in [3.8, 4) is 0 Å². The minimum absolute atomic E-state index is 0.475. The van der Waals surface area contributed by atoms with Gasteiger partial charge in [-0.15, -0.1) is 4.91 Å². The maximum atomic E-state index is 10.5. The summed E-state index contributed by atoms with van der Waals surface area (Å²) in [7, 11) is 0. The summed E-state index contributed by atoms with van der Waals surface area (Å²) in [5, 5.41) is 7.52. The largest absolute Gasteiger partial charge is 0.145 e. The van der Waals surface area contributed by atoms with Crippen molar-refractivity contribution in [1.82, 2.24) is 0 Å². The topological polar surface area (TPSA) is 29.4 Å². The molecule has 0 aliphatic rings. The van der Waals surface area contributed by atoms with Crippen molar-refractivity contribution in [2.75, 3.05) is 0 Å². The van der Waals surface area contributed by atoms with Crippen LogP contribution in [0, 0.1) is 4.91 Å². The number of hydrogen-bond acceptors (Lipinski definition) is 2. The van der Waals surface area contributed by atoms with Crippen LogP contribution in [-0.2, 0) is 0 Å². The van der Waals surface area contributed by atoms with Crippen LogP contribution in [0.1, 0.15) is 0 Å². The van der Waals surface area contributed by atoms with Crippen molar-refractivity contribution in [2.24, 2.45) is 5.18 Å². The van der Waals surface area contributed by atoms with Crippen molar-refractivity contribution in [2.45, 2.75) is 0 Å². The van der Waals surface area contributed by atoms with Crippen LogP contribution < -0.4 is 0 Å². The SMILES string of the molecule is O=Nc1ccc2cc3ccccc3cc2c1. The molecular formula is C14H9NO. The Kier molecular flexibility index (Phi) is 1.93. The second-order valence-corrected chi connectivity index (χ2v) is 3.82. The van der Waals surface area contributed by atoms with E-state index in [1.807, 2.05) is 24.3 Å². The lowest BCUT2D eigenvalue weighted by Crippen LogP contribution is -1.75. The van der Waals surface area contributed by atoms with Crippen molar-refractivity contribution in [3.05, 3.63) is 59.5 Å². The van der Waals surface area contributed by atoms with E-state index < -0.39 is 0 Å². The first kappa shape index (κ1) is 9.04. The number of hydrogen-bond donors (Lipinski definition) is 0. The Morgan fingerprint density at radius 1 is 0.688 bits per heavy atom. The van der Waals surface area contributed by atoms with Gasteiger partial charge in [-0.2, -0.15) is 0 Å². The number of nitrogens with zero attached hydrogens (tertiary/aromatic N) is 1. The van der Waals surface area contributed by atoms with Gasteiger partial charge in [0.25, 0.3) is 0 Å². The maximum absolute atomic E-state index is 10.5. The Morgan fingerprint density at radius 2 is 1.31 bits per heavy atom. The molecule has 0 N–H and O–H groups in total. The van der Waals surface area contributed by atoms with Gasteiger partial charge in [0, 0.05) is 0 Å². The van der Waals surface area contributed by atoms with E-state index in [1.54, 1.807) is 6.07 Å². The van der Waals surface area contributed by atoms with E-state index in [9.17, 15) is 4.91 Å². The second kappa shape index (κ2) is 3.42. The van der Waals surface area contributed by atoms with Crippen LogP contribution in [0.2, 0.25) is 0 Å². The molecule has 16 heavy (non-hydrogen) atoms. The zero-order chi connectivity index (χ0) is 11.0. The van der Waals surface area contributed by atoms with E-state index in [0.717, 1.165) is 10.8 Å². The highest BCUT2D eigenvalue weighted by Crippen LogP contribution is 2.26. The van der Waals surface area contributed by atoms with Crippen molar-refractivity contribution in [1.29, 1.82) is 0 Å². The summed E-state index contributed by atoms with van der Waals surface area (Å²) in [6, 6.07) is 17.9. The van der Waals surface area contributed by atoms with Crippen molar-refractivity contribution >= 4 is 27.2 Å². The van der Waals surface area contributed by atoms with E-state index in [0.29, 0.717) is 5.69 Å². The van der Waals surface area contributed by atoms with Gasteiger partial charge in [-0.05, 0) is 51.0 Å². The zero-order valence-corrected chi connectivity index (χ0v) is 8.55. The third-order valence-corrected chi connectivity index (χ3v) is 2.79. The highest BCUT2D eigenvalue weighted by Gasteiger charge is 1.99. The molecule has 3 aromatic rings. The molecule has 3 rings (SSSR count). The minimum Gasteiger partial charge on any atom is -0.145 e. The van der Waals surface area contributed by atoms with Crippen LogP contribution >= 0.6 is 0 Å². The van der Waals surface area contributed by atoms with Crippen molar-refractivity contribution < 1.29 is 0 Å². The normalized spacial score (nSPS) is 10.8. The summed E-state index contributed by atoms with van der Waals surface area (Å²) < 4.78 is 0. The Labute approximate surface area is 92.5 Å². The Morgan fingerprint density at radius 3 is 2.00 bits per heavy atom. The average Bonchev–Trinajstić information content (AvgIpc) is 2.35. The molecule has 2 nitrogen and oxygen atoms in total. The predicted molar refractivity (Wildman–Crippen MR) is 66.9 cm³/mol. The molecule has 3 aromatic carbocycles. The number of rotatable bonds is 1. The molecule has 0 aliphatic carbocycles. The van der Waals surface area contributed by atoms with Gasteiger partial charge in [-0.1, -0.05) is 30.3 Å². The van der Waals surface area contributed by atoms with E-state index in [1.165, 1.54) is 10.8 Å². The smallest absolute Gasteiger partial charge is 0.108 e. The van der Waals surface area contributed by atoms with Gasteiger partial charge < -0.3 is 0 Å². The lowest BCUT2D eigenvalue weighted by Gasteiger charge is -2.02. The van der Waals surface area contributed by atoms with Gasteiger partial charge in [0.05, 0.1) is 0 Å². The summed E-state index contributed by atoms with van der Waals surface area (Å²) in [6.07, 6.45) is 0. The first-order valence-corrected chi connectivity index (χ1v) is 5.13. The first-order chi connectivity index (χ1) is 7.86. The molecular weight excluding hydrogens is 198 g/mol. The van der Waals surface area contributed by atoms with Crippen LogP contribution in [0.3, 0.4) is 0 Å². The highest BCUT2D eigenvalue weighted by molar-refractivity contribution is 5.99. The van der Waals surface area contributed by atoms with E-state index >= 15 is 0 Å². The maximum Gasteiger partial charge on any atom is 0.108 e. The summed E-state index contributed by atoms with van der Waals surface area (Å²) in [5.74, 6) is 0. The van der Waals surface area contributed by atoms with E-state index in [-0.39, 0.29) is 0 Å². The standard InChI is InChI=1S/C14H9NO/c16-15-14-6-5-12-7-10-3-1-2-4-11(10)8-13(12)9-14/h1-9H. The quantitative estimate of drug-likeness (QED) is 0.429. The van der Waals surface area contributed by atoms with Crippen molar-refractivity contribution in [3.63, 3.8) is 0 Å². The van der Waals surface area contributed by atoms with Crippen LogP contribution in [0.25, 0.3) is 21.5 Å². The fraction of sp³-hybridized carbons (Fsp3) is 0. The van der Waals surface area contributed by atoms with Crippen LogP contribution in [0.4, 0.5) is 5.69 Å². The second-order valence-electron chi connectivity index (χ2n) is 3.82. The third kappa shape index (κ3) is 1.36. The van der Waals surface area contributed by atoms with Crippen LogP contribution in [0.15, 0.2) is 59.8 Å². The molecule has 0 aliphatic heterocycles. The van der Waals surface area contributed by atoms with E-state index in [4.69, 9.17) is 0 Å². The van der Waals surface area contributed by atoms with Gasteiger partial charge in [0.15, 0.2) is 0 Å². The third-order valence-electron chi connectivity index (χ3n) is 2.79. The molecule has 0 bridgehead atoms. The van der Waals surface area contributed by atoms with Gasteiger partial charge in [0.1, 0.15) is 5.69 Å². The summed E-state index contributed by atoms with van der Waals surface area (Å²) in [4.78, 5) is 10.5. The predicted octanol–water partition coefficient (Wildman–Crippen LogP) is 4.39. The molecule has 0 atom stereocenters. The number of nitroso groups, excluding NO2 is 1. The van der Waals surface area contributed by atoms with Crippen LogP contribution in [0.5, 0.6) is 0 Å². The fourth-order valence-corrected chi connectivity index (χ4v) is 1.98. The molecule has 0 spiro atoms. The fourth-order valence-electron chi connectivity index (χ4n) is 1.98. The minimum atomic E-state index is 0.475. The number of fused-ring (bicyclic) bond motifs is 2. The molecule has 0 saturated carbocycles. The highest BCUT2D eigenvalue weighted by atomic mass is 16.3. The molecule has 0 aromatic heterocycles. The lowest BCUT2D eigenvalue weighted by molar-refractivity contribution is 1.52. The molecule has 2 heteroatoms. The zero-order valence-electron chi connectivity index (χ0n) is 8.55. The van der Waals surface area contributed by atoms with E-state index in [2.05, 4.69) is 29.4 Å². The summed E-state index contributed by atoms with van der Waals surface area (Å²) >= 11 is 0. The molecule has 0 fully saturated rings. The van der Waals surface area contributed by atoms with Gasteiger partial charge in [-0.3, -0.25) is 0 Å². The Balaban J connectivity index is 2.41. The monoisotopic (exact) mass is 207 g/mol. The molecule has 0 saturated heterocycles.